The van der Waals surface area contributed by atoms with Gasteiger partial charge in [-0.2, -0.15) is 0 Å². The first-order chi connectivity index (χ1) is 11.9. The van der Waals surface area contributed by atoms with Crippen LogP contribution in [0, 0.1) is 0 Å². The van der Waals surface area contributed by atoms with E-state index in [2.05, 4.69) is 5.32 Å². The summed E-state index contributed by atoms with van der Waals surface area (Å²) in [4.78, 5) is 36.1. The van der Waals surface area contributed by atoms with Crippen molar-refractivity contribution in [2.75, 3.05) is 13.1 Å². The number of phenols is 1. The molecule has 0 bridgehead atoms. The first-order valence-corrected chi connectivity index (χ1v) is 8.62. The summed E-state index contributed by atoms with van der Waals surface area (Å²) in [5, 5.41) is 20.2. The number of carbonyl (C=O) groups is 3. The number of thiocarbonyl (C=S) groups is 1. The van der Waals surface area contributed by atoms with Gasteiger partial charge in [-0.3, -0.25) is 19.3 Å². The van der Waals surface area contributed by atoms with E-state index < -0.39 is 12.5 Å². The van der Waals surface area contributed by atoms with Crippen molar-refractivity contribution in [2.45, 2.75) is 12.8 Å². The molecule has 0 saturated carbocycles. The lowest BCUT2D eigenvalue weighted by molar-refractivity contribution is -0.137. The Morgan fingerprint density at radius 1 is 1.36 bits per heavy atom. The molecule has 1 aliphatic rings. The molecular formula is C16H16N2O5S2. The van der Waals surface area contributed by atoms with Crippen molar-refractivity contribution in [1.29, 1.82) is 0 Å². The lowest BCUT2D eigenvalue weighted by atomic mass is 10.2. The summed E-state index contributed by atoms with van der Waals surface area (Å²) in [7, 11) is 0. The van der Waals surface area contributed by atoms with Crippen molar-refractivity contribution >= 4 is 52.2 Å². The van der Waals surface area contributed by atoms with E-state index in [-0.39, 0.29) is 30.5 Å². The number of phenolic OH excluding ortho intramolecular Hbond substituents is 1. The molecule has 2 rings (SSSR count). The van der Waals surface area contributed by atoms with E-state index in [0.29, 0.717) is 21.2 Å². The van der Waals surface area contributed by atoms with Crippen LogP contribution in [0.5, 0.6) is 5.75 Å². The highest BCUT2D eigenvalue weighted by Crippen LogP contribution is 2.33. The molecule has 3 N–H and O–H groups in total. The Bertz CT molecular complexity index is 748. The van der Waals surface area contributed by atoms with Gasteiger partial charge in [-0.25, -0.2) is 0 Å². The minimum atomic E-state index is -1.11. The van der Waals surface area contributed by atoms with Gasteiger partial charge in [0.05, 0.1) is 4.91 Å². The maximum Gasteiger partial charge on any atom is 0.322 e. The van der Waals surface area contributed by atoms with Crippen LogP contribution in [0.15, 0.2) is 29.2 Å². The van der Waals surface area contributed by atoms with Crippen LogP contribution >= 0.6 is 24.0 Å². The minimum absolute atomic E-state index is 0.107. The summed E-state index contributed by atoms with van der Waals surface area (Å²) in [5.41, 5.74) is 0.688. The summed E-state index contributed by atoms with van der Waals surface area (Å²) < 4.78 is 0.405. The molecule has 7 nitrogen and oxygen atoms in total. The fraction of sp³-hybridized carbons (Fsp3) is 0.250. The molecule has 1 aromatic carbocycles. The lowest BCUT2D eigenvalue weighted by Crippen LogP contribution is -2.32. The van der Waals surface area contributed by atoms with Crippen molar-refractivity contribution < 1.29 is 24.6 Å². The number of carboxylic acids is 1. The molecule has 9 heteroatoms. The van der Waals surface area contributed by atoms with E-state index in [1.807, 2.05) is 0 Å². The molecule has 1 fully saturated rings. The van der Waals surface area contributed by atoms with Crippen molar-refractivity contribution in [3.05, 3.63) is 34.7 Å². The van der Waals surface area contributed by atoms with Crippen molar-refractivity contribution in [3.63, 3.8) is 0 Å². The minimum Gasteiger partial charge on any atom is -0.508 e. The second-order valence-electron chi connectivity index (χ2n) is 5.20. The highest BCUT2D eigenvalue weighted by Gasteiger charge is 2.31. The van der Waals surface area contributed by atoms with E-state index in [4.69, 9.17) is 17.3 Å². The number of carbonyl (C=O) groups excluding carboxylic acids is 2. The second kappa shape index (κ2) is 8.63. The molecule has 25 heavy (non-hydrogen) atoms. The van der Waals surface area contributed by atoms with Crippen LogP contribution < -0.4 is 5.32 Å². The maximum absolute atomic E-state index is 12.4. The smallest absolute Gasteiger partial charge is 0.322 e. The summed E-state index contributed by atoms with van der Waals surface area (Å²) in [6.07, 6.45) is 2.13. The summed E-state index contributed by atoms with van der Waals surface area (Å²) >= 11 is 6.37. The fourth-order valence-electron chi connectivity index (χ4n) is 2.12. The number of carboxylic acid groups (broad SMARTS) is 1. The summed E-state index contributed by atoms with van der Waals surface area (Å²) in [5.74, 6) is -1.63. The molecule has 0 spiro atoms. The SMILES string of the molecule is O=C(O)CNC(=O)CCCN1C(=O)/C(=C/c2cccc(O)c2)SC1=S. The number of hydrogen-bond acceptors (Lipinski definition) is 6. The number of nitrogens with one attached hydrogen (secondary N) is 1. The van der Waals surface area contributed by atoms with Crippen LogP contribution in [0.4, 0.5) is 0 Å². The third-order valence-corrected chi connectivity index (χ3v) is 4.64. The van der Waals surface area contributed by atoms with Crippen LogP contribution in [-0.2, 0) is 14.4 Å². The molecule has 0 radical (unpaired) electrons. The predicted molar refractivity (Wildman–Crippen MR) is 97.9 cm³/mol. The normalized spacial score (nSPS) is 15.7. The van der Waals surface area contributed by atoms with Crippen LogP contribution in [0.3, 0.4) is 0 Å². The average molecular weight is 380 g/mol. The van der Waals surface area contributed by atoms with Gasteiger partial charge in [-0.15, -0.1) is 0 Å². The Labute approximate surface area is 153 Å². The van der Waals surface area contributed by atoms with Crippen molar-refractivity contribution in [3.8, 4) is 5.75 Å². The average Bonchev–Trinajstić information content (AvgIpc) is 2.80. The zero-order valence-corrected chi connectivity index (χ0v) is 14.7. The van der Waals surface area contributed by atoms with Crippen LogP contribution in [0.25, 0.3) is 6.08 Å². The molecule has 0 aromatic heterocycles. The Morgan fingerprint density at radius 3 is 2.80 bits per heavy atom. The number of nitrogens with zero attached hydrogens (tertiary/aromatic N) is 1. The van der Waals surface area contributed by atoms with Crippen molar-refractivity contribution in [2.24, 2.45) is 0 Å². The van der Waals surface area contributed by atoms with Gasteiger partial charge < -0.3 is 15.5 Å². The second-order valence-corrected chi connectivity index (χ2v) is 6.88. The fourth-order valence-corrected chi connectivity index (χ4v) is 3.43. The number of aliphatic carboxylic acids is 1. The van der Waals surface area contributed by atoms with Gasteiger partial charge in [-0.1, -0.05) is 36.1 Å². The Balaban J connectivity index is 1.90. The van der Waals surface area contributed by atoms with Crippen LogP contribution in [-0.4, -0.2) is 50.3 Å². The van der Waals surface area contributed by atoms with Crippen molar-refractivity contribution in [1.82, 2.24) is 10.2 Å². The van der Waals surface area contributed by atoms with E-state index in [9.17, 15) is 19.5 Å². The van der Waals surface area contributed by atoms with Gasteiger partial charge >= 0.3 is 5.97 Å². The highest BCUT2D eigenvalue weighted by molar-refractivity contribution is 8.26. The highest BCUT2D eigenvalue weighted by atomic mass is 32.2. The zero-order valence-electron chi connectivity index (χ0n) is 13.1. The molecule has 0 unspecified atom stereocenters. The lowest BCUT2D eigenvalue weighted by Gasteiger charge is -2.13. The molecule has 0 atom stereocenters. The van der Waals surface area contributed by atoms with Crippen LogP contribution in [0.2, 0.25) is 0 Å². The first kappa shape index (κ1) is 18.9. The Kier molecular flexibility index (Phi) is 6.54. The first-order valence-electron chi connectivity index (χ1n) is 7.39. The standard InChI is InChI=1S/C16H16N2O5S2/c19-11-4-1-3-10(7-11)8-12-15(23)18(16(24)25-12)6-2-5-13(20)17-9-14(21)22/h1,3-4,7-8,19H,2,5-6,9H2,(H,17,20)(H,21,22)/b12-8-. The molecule has 1 aromatic rings. The largest absolute Gasteiger partial charge is 0.508 e. The number of benzene rings is 1. The quantitative estimate of drug-likeness (QED) is 0.487. The molecule has 1 aliphatic heterocycles. The maximum atomic E-state index is 12.4. The third-order valence-electron chi connectivity index (χ3n) is 3.26. The van der Waals surface area contributed by atoms with E-state index in [1.165, 1.54) is 11.0 Å². The third kappa shape index (κ3) is 5.57. The molecule has 0 aliphatic carbocycles. The number of hydrogen-bond donors (Lipinski definition) is 3. The summed E-state index contributed by atoms with van der Waals surface area (Å²) in [6.45, 7) is -0.144. The zero-order chi connectivity index (χ0) is 18.4. The number of rotatable bonds is 7. The predicted octanol–water partition coefficient (Wildman–Crippen LogP) is 1.57. The van der Waals surface area contributed by atoms with Gasteiger partial charge in [-0.05, 0) is 30.2 Å². The molecule has 1 heterocycles. The number of aromatic hydroxyl groups is 1. The van der Waals surface area contributed by atoms with Gasteiger partial charge in [0.2, 0.25) is 5.91 Å². The van der Waals surface area contributed by atoms with E-state index >= 15 is 0 Å². The van der Waals surface area contributed by atoms with E-state index in [1.54, 1.807) is 24.3 Å². The number of thioether (sulfide) groups is 1. The molecule has 1 saturated heterocycles. The van der Waals surface area contributed by atoms with Gasteiger partial charge in [0.1, 0.15) is 16.6 Å². The molecule has 2 amide bonds. The van der Waals surface area contributed by atoms with Gasteiger partial charge in [0, 0.05) is 13.0 Å². The monoisotopic (exact) mass is 380 g/mol. The van der Waals surface area contributed by atoms with Gasteiger partial charge in [0.25, 0.3) is 5.91 Å². The topological polar surface area (TPSA) is 107 Å². The van der Waals surface area contributed by atoms with E-state index in [0.717, 1.165) is 11.8 Å². The Morgan fingerprint density at radius 2 is 2.12 bits per heavy atom. The molecular weight excluding hydrogens is 364 g/mol. The van der Waals surface area contributed by atoms with Gasteiger partial charge in [0.15, 0.2) is 0 Å². The van der Waals surface area contributed by atoms with Crippen LogP contribution in [0.1, 0.15) is 18.4 Å². The Hall–Kier alpha value is -2.39. The molecule has 132 valence electrons. The number of amides is 2. The summed E-state index contributed by atoms with van der Waals surface area (Å²) in [6, 6.07) is 6.52.